The number of thiazole rings is 1. The van der Waals surface area contributed by atoms with Gasteiger partial charge in [-0.3, -0.25) is 4.79 Å². The van der Waals surface area contributed by atoms with E-state index in [-0.39, 0.29) is 24.4 Å². The number of allylic oxidation sites excluding steroid dienone is 1. The number of aromatic nitrogens is 1. The zero-order chi connectivity index (χ0) is 23.6. The standard InChI is InChI=1S/C26H30N4O2S/c1-4-8-22-17-27-25(33-22)23(15-18(2)3)30-24(31)16-19-11-13-21(14-12-19)29-26(32)28-20-9-6-5-7-10-20/h4-7,9-14,17-18,23H,1,8,15-16H2,2-3H3,(H,30,31)(H2,28,29,32). The van der Waals surface area contributed by atoms with Crippen LogP contribution in [0, 0.1) is 5.92 Å². The number of urea groups is 1. The van der Waals surface area contributed by atoms with Gasteiger partial charge >= 0.3 is 6.03 Å². The second-order valence-corrected chi connectivity index (χ2v) is 9.37. The van der Waals surface area contributed by atoms with Crippen LogP contribution in [-0.2, 0) is 17.6 Å². The molecule has 0 saturated carbocycles. The van der Waals surface area contributed by atoms with Crippen molar-refractivity contribution in [1.82, 2.24) is 10.3 Å². The first kappa shape index (κ1) is 24.2. The average Bonchev–Trinajstić information content (AvgIpc) is 3.24. The van der Waals surface area contributed by atoms with Gasteiger partial charge < -0.3 is 16.0 Å². The Hall–Kier alpha value is -3.45. The number of para-hydroxylation sites is 1. The lowest BCUT2D eigenvalue weighted by atomic mass is 10.0. The van der Waals surface area contributed by atoms with Crippen LogP contribution in [0.4, 0.5) is 16.2 Å². The summed E-state index contributed by atoms with van der Waals surface area (Å²) in [6.45, 7) is 8.05. The number of anilines is 2. The average molecular weight is 463 g/mol. The molecule has 1 aromatic heterocycles. The van der Waals surface area contributed by atoms with Crippen molar-refractivity contribution in [2.45, 2.75) is 39.2 Å². The molecule has 172 valence electrons. The monoisotopic (exact) mass is 462 g/mol. The van der Waals surface area contributed by atoms with E-state index >= 15 is 0 Å². The molecule has 7 heteroatoms. The zero-order valence-electron chi connectivity index (χ0n) is 19.0. The van der Waals surface area contributed by atoms with Crippen LogP contribution in [0.3, 0.4) is 0 Å². The van der Waals surface area contributed by atoms with Gasteiger partial charge in [0.05, 0.1) is 12.5 Å². The molecule has 0 radical (unpaired) electrons. The molecule has 0 spiro atoms. The van der Waals surface area contributed by atoms with Crippen LogP contribution in [0.15, 0.2) is 73.4 Å². The van der Waals surface area contributed by atoms with Crippen LogP contribution in [-0.4, -0.2) is 16.9 Å². The van der Waals surface area contributed by atoms with Crippen LogP contribution in [0.25, 0.3) is 0 Å². The fourth-order valence-corrected chi connectivity index (χ4v) is 4.34. The van der Waals surface area contributed by atoms with Crippen molar-refractivity contribution in [2.24, 2.45) is 5.92 Å². The lowest BCUT2D eigenvalue weighted by molar-refractivity contribution is -0.121. The Kier molecular flexibility index (Phi) is 8.78. The van der Waals surface area contributed by atoms with Crippen molar-refractivity contribution >= 4 is 34.6 Å². The van der Waals surface area contributed by atoms with Gasteiger partial charge in [-0.15, -0.1) is 17.9 Å². The van der Waals surface area contributed by atoms with Gasteiger partial charge in [-0.05, 0) is 42.2 Å². The molecule has 1 atom stereocenters. The van der Waals surface area contributed by atoms with Gasteiger partial charge in [0.25, 0.3) is 0 Å². The maximum Gasteiger partial charge on any atom is 0.323 e. The minimum Gasteiger partial charge on any atom is -0.347 e. The van der Waals surface area contributed by atoms with Crippen molar-refractivity contribution in [3.05, 3.63) is 88.9 Å². The second-order valence-electron chi connectivity index (χ2n) is 8.23. The van der Waals surface area contributed by atoms with Crippen molar-refractivity contribution in [3.63, 3.8) is 0 Å². The summed E-state index contributed by atoms with van der Waals surface area (Å²) in [6.07, 6.45) is 5.59. The summed E-state index contributed by atoms with van der Waals surface area (Å²) in [5.41, 5.74) is 2.25. The van der Waals surface area contributed by atoms with Crippen molar-refractivity contribution in [1.29, 1.82) is 0 Å². The van der Waals surface area contributed by atoms with Gasteiger partial charge in [0.15, 0.2) is 0 Å². The number of carbonyl (C=O) groups excluding carboxylic acids is 2. The first-order chi connectivity index (χ1) is 15.9. The SMILES string of the molecule is C=CCc1cnc(C(CC(C)C)NC(=O)Cc2ccc(NC(=O)Nc3ccccc3)cc2)s1. The summed E-state index contributed by atoms with van der Waals surface area (Å²) in [6, 6.07) is 16.1. The molecule has 3 rings (SSSR count). The molecule has 0 aliphatic carbocycles. The van der Waals surface area contributed by atoms with E-state index in [2.05, 4.69) is 41.4 Å². The summed E-state index contributed by atoms with van der Waals surface area (Å²) in [5.74, 6) is 0.373. The fraction of sp³-hybridized carbons (Fsp3) is 0.269. The van der Waals surface area contributed by atoms with E-state index < -0.39 is 0 Å². The lowest BCUT2D eigenvalue weighted by Gasteiger charge is -2.18. The van der Waals surface area contributed by atoms with Crippen LogP contribution < -0.4 is 16.0 Å². The highest BCUT2D eigenvalue weighted by molar-refractivity contribution is 7.11. The van der Waals surface area contributed by atoms with Crippen LogP contribution in [0.1, 0.15) is 41.8 Å². The maximum atomic E-state index is 12.7. The predicted octanol–water partition coefficient (Wildman–Crippen LogP) is 5.96. The summed E-state index contributed by atoms with van der Waals surface area (Å²) in [7, 11) is 0. The molecule has 0 saturated heterocycles. The number of carbonyl (C=O) groups is 2. The molecule has 2 aromatic carbocycles. The summed E-state index contributed by atoms with van der Waals surface area (Å²) < 4.78 is 0. The van der Waals surface area contributed by atoms with E-state index in [9.17, 15) is 9.59 Å². The highest BCUT2D eigenvalue weighted by Crippen LogP contribution is 2.26. The Morgan fingerprint density at radius 2 is 1.70 bits per heavy atom. The van der Waals surface area contributed by atoms with Gasteiger partial charge in [0, 0.05) is 28.9 Å². The summed E-state index contributed by atoms with van der Waals surface area (Å²) >= 11 is 1.62. The minimum atomic E-state index is -0.317. The van der Waals surface area contributed by atoms with Gasteiger partial charge in [-0.25, -0.2) is 9.78 Å². The van der Waals surface area contributed by atoms with E-state index in [4.69, 9.17) is 0 Å². The number of hydrogen-bond donors (Lipinski definition) is 3. The number of hydrogen-bond acceptors (Lipinski definition) is 4. The number of rotatable bonds is 10. The molecule has 3 amide bonds. The number of amides is 3. The van der Waals surface area contributed by atoms with Gasteiger partial charge in [-0.1, -0.05) is 50.3 Å². The first-order valence-corrected chi connectivity index (χ1v) is 11.8. The largest absolute Gasteiger partial charge is 0.347 e. The van der Waals surface area contributed by atoms with Crippen LogP contribution >= 0.6 is 11.3 Å². The molecule has 0 fully saturated rings. The van der Waals surface area contributed by atoms with Crippen molar-refractivity contribution in [3.8, 4) is 0 Å². The Labute approximate surface area is 199 Å². The van der Waals surface area contributed by atoms with Gasteiger partial charge in [-0.2, -0.15) is 0 Å². The summed E-state index contributed by atoms with van der Waals surface area (Å²) in [5, 5.41) is 9.64. The Bertz CT molecular complexity index is 1060. The third-order valence-electron chi connectivity index (χ3n) is 4.87. The van der Waals surface area contributed by atoms with Crippen LogP contribution in [0.2, 0.25) is 0 Å². The minimum absolute atomic E-state index is 0.0522. The van der Waals surface area contributed by atoms with Crippen molar-refractivity contribution < 1.29 is 9.59 Å². The molecule has 1 heterocycles. The molecule has 1 unspecified atom stereocenters. The van der Waals surface area contributed by atoms with E-state index in [0.717, 1.165) is 34.0 Å². The van der Waals surface area contributed by atoms with Crippen molar-refractivity contribution in [2.75, 3.05) is 10.6 Å². The molecule has 0 aliphatic rings. The van der Waals surface area contributed by atoms with E-state index in [1.165, 1.54) is 0 Å². The molecule has 0 bridgehead atoms. The Morgan fingerprint density at radius 3 is 2.33 bits per heavy atom. The highest BCUT2D eigenvalue weighted by atomic mass is 32.1. The third kappa shape index (κ3) is 7.88. The van der Waals surface area contributed by atoms with Gasteiger partial charge in [0.2, 0.25) is 5.91 Å². The maximum absolute atomic E-state index is 12.7. The molecule has 0 aliphatic heterocycles. The smallest absolute Gasteiger partial charge is 0.323 e. The molecule has 6 nitrogen and oxygen atoms in total. The summed E-state index contributed by atoms with van der Waals surface area (Å²) in [4.78, 5) is 30.5. The lowest BCUT2D eigenvalue weighted by Crippen LogP contribution is -2.30. The highest BCUT2D eigenvalue weighted by Gasteiger charge is 2.19. The normalized spacial score (nSPS) is 11.6. The van der Waals surface area contributed by atoms with Gasteiger partial charge in [0.1, 0.15) is 5.01 Å². The van der Waals surface area contributed by atoms with Crippen LogP contribution in [0.5, 0.6) is 0 Å². The Morgan fingerprint density at radius 1 is 1.03 bits per heavy atom. The molecule has 33 heavy (non-hydrogen) atoms. The number of benzene rings is 2. The Balaban J connectivity index is 1.55. The van der Waals surface area contributed by atoms with E-state index in [1.54, 1.807) is 23.5 Å². The molecular formula is C26H30N4O2S. The van der Waals surface area contributed by atoms with E-state index in [1.807, 2.05) is 54.7 Å². The molecular weight excluding hydrogens is 432 g/mol. The zero-order valence-corrected chi connectivity index (χ0v) is 19.8. The molecule has 3 aromatic rings. The second kappa shape index (κ2) is 12.0. The third-order valence-corrected chi connectivity index (χ3v) is 6.00. The predicted molar refractivity (Wildman–Crippen MR) is 136 cm³/mol. The molecule has 3 N–H and O–H groups in total. The number of nitrogens with one attached hydrogen (secondary N) is 3. The fourth-order valence-electron chi connectivity index (χ4n) is 3.36. The topological polar surface area (TPSA) is 83.1 Å². The van der Waals surface area contributed by atoms with E-state index in [0.29, 0.717) is 11.6 Å². The first-order valence-electron chi connectivity index (χ1n) is 11.0. The quantitative estimate of drug-likeness (QED) is 0.325. The number of nitrogens with zero attached hydrogens (tertiary/aromatic N) is 1.